The molecule has 6 heteroatoms. The van der Waals surface area contributed by atoms with Crippen molar-refractivity contribution in [1.29, 1.82) is 5.26 Å². The van der Waals surface area contributed by atoms with Crippen LogP contribution < -0.4 is 15.8 Å². The van der Waals surface area contributed by atoms with E-state index in [-0.39, 0.29) is 28.7 Å². The summed E-state index contributed by atoms with van der Waals surface area (Å²) < 4.78 is 5.29. The Morgan fingerprint density at radius 3 is 2.54 bits per heavy atom. The Morgan fingerprint density at radius 2 is 1.96 bits per heavy atom. The van der Waals surface area contributed by atoms with Crippen molar-refractivity contribution in [3.05, 3.63) is 52.7 Å². The van der Waals surface area contributed by atoms with Gasteiger partial charge in [0.2, 0.25) is 5.88 Å². The van der Waals surface area contributed by atoms with Gasteiger partial charge in [-0.15, -0.1) is 0 Å². The number of aryl methyl sites for hydroxylation is 1. The first-order chi connectivity index (χ1) is 11.6. The Balaban J connectivity index is 2.12. The Labute approximate surface area is 141 Å². The number of nitrogen functional groups attached to an aromatic ring is 1. The van der Waals surface area contributed by atoms with Crippen molar-refractivity contribution in [3.63, 3.8) is 0 Å². The normalized spacial score (nSPS) is 10.0. The molecule has 0 saturated heterocycles. The number of anilines is 1. The lowest BCUT2D eigenvalue weighted by atomic mass is 10.1. The van der Waals surface area contributed by atoms with Gasteiger partial charge >= 0.3 is 0 Å². The molecule has 1 aromatic heterocycles. The van der Waals surface area contributed by atoms with Gasteiger partial charge in [-0.3, -0.25) is 4.79 Å². The highest BCUT2D eigenvalue weighted by molar-refractivity contribution is 5.93. The van der Waals surface area contributed by atoms with E-state index in [9.17, 15) is 4.79 Å². The van der Waals surface area contributed by atoms with Crippen LogP contribution >= 0.6 is 0 Å². The molecule has 2 aromatic rings. The van der Waals surface area contributed by atoms with E-state index in [2.05, 4.69) is 17.2 Å². The Hall–Kier alpha value is -3.07. The van der Waals surface area contributed by atoms with E-state index in [1.54, 1.807) is 6.92 Å². The number of nitrogens with zero attached hydrogens (tertiary/aromatic N) is 2. The predicted octanol–water partition coefficient (Wildman–Crippen LogP) is 2.43. The van der Waals surface area contributed by atoms with E-state index in [1.165, 1.54) is 11.6 Å². The monoisotopic (exact) mass is 324 g/mol. The van der Waals surface area contributed by atoms with E-state index in [4.69, 9.17) is 15.7 Å². The maximum atomic E-state index is 12.3. The number of hydrogen-bond acceptors (Lipinski definition) is 5. The number of carbonyl (C=O) groups is 1. The van der Waals surface area contributed by atoms with Gasteiger partial charge in [0.25, 0.3) is 5.91 Å². The number of benzene rings is 1. The maximum Gasteiger partial charge on any atom is 0.270 e. The van der Waals surface area contributed by atoms with Gasteiger partial charge in [-0.2, -0.15) is 5.26 Å². The second kappa shape index (κ2) is 7.97. The number of carbonyl (C=O) groups excluding carboxylic acids is 1. The number of hydrogen-bond donors (Lipinski definition) is 2. The number of pyridine rings is 1. The highest BCUT2D eigenvalue weighted by Gasteiger charge is 2.16. The lowest BCUT2D eigenvalue weighted by molar-refractivity contribution is 0.0945. The van der Waals surface area contributed by atoms with Crippen LogP contribution in [0.15, 0.2) is 30.3 Å². The molecule has 1 aromatic carbocycles. The molecule has 0 spiro atoms. The van der Waals surface area contributed by atoms with E-state index in [0.29, 0.717) is 13.2 Å². The van der Waals surface area contributed by atoms with Gasteiger partial charge in [0.15, 0.2) is 0 Å². The molecule has 0 radical (unpaired) electrons. The van der Waals surface area contributed by atoms with Gasteiger partial charge in [-0.25, -0.2) is 4.98 Å². The number of amides is 1. The molecule has 0 unspecified atom stereocenters. The van der Waals surface area contributed by atoms with Gasteiger partial charge in [-0.05, 0) is 30.5 Å². The molecule has 124 valence electrons. The second-order valence-corrected chi connectivity index (χ2v) is 5.17. The summed E-state index contributed by atoms with van der Waals surface area (Å²) in [6.45, 7) is 4.57. The first-order valence-electron chi connectivity index (χ1n) is 7.78. The van der Waals surface area contributed by atoms with Crippen molar-refractivity contribution in [2.45, 2.75) is 26.8 Å². The highest BCUT2D eigenvalue weighted by Crippen LogP contribution is 2.22. The van der Waals surface area contributed by atoms with Gasteiger partial charge in [0.1, 0.15) is 17.3 Å². The topological polar surface area (TPSA) is 101 Å². The molecule has 3 N–H and O–H groups in total. The quantitative estimate of drug-likeness (QED) is 0.850. The van der Waals surface area contributed by atoms with E-state index >= 15 is 0 Å². The van der Waals surface area contributed by atoms with Crippen LogP contribution in [0.3, 0.4) is 0 Å². The van der Waals surface area contributed by atoms with Crippen LogP contribution in [-0.2, 0) is 13.0 Å². The van der Waals surface area contributed by atoms with Gasteiger partial charge in [0, 0.05) is 6.54 Å². The molecule has 0 aliphatic heterocycles. The number of nitrogens with two attached hydrogens (primary N) is 1. The number of rotatable bonds is 6. The van der Waals surface area contributed by atoms with Crippen molar-refractivity contribution in [1.82, 2.24) is 10.3 Å². The summed E-state index contributed by atoms with van der Waals surface area (Å²) in [6.07, 6.45) is 0.973. The Morgan fingerprint density at radius 1 is 1.29 bits per heavy atom. The molecule has 0 bridgehead atoms. The standard InChI is InChI=1S/C18H20N4O2/c1-3-12-5-7-13(8-6-12)11-21-17(23)16-9-15(20)14(10-19)18(22-16)24-4-2/h5-9H,3-4,11H2,1-2H3,(H2,20,22)(H,21,23). The molecule has 0 aliphatic carbocycles. The molecule has 0 atom stereocenters. The SMILES string of the molecule is CCOc1nc(C(=O)NCc2ccc(CC)cc2)cc(N)c1C#N. The number of aromatic nitrogens is 1. The summed E-state index contributed by atoms with van der Waals surface area (Å²) in [5.74, 6) is -0.288. The second-order valence-electron chi connectivity index (χ2n) is 5.17. The first kappa shape index (κ1) is 17.3. The van der Waals surface area contributed by atoms with Crippen LogP contribution in [0.5, 0.6) is 5.88 Å². The molecular formula is C18H20N4O2. The number of nitrogens with one attached hydrogen (secondary N) is 1. The molecule has 1 amide bonds. The smallest absolute Gasteiger partial charge is 0.270 e. The zero-order valence-corrected chi connectivity index (χ0v) is 13.8. The molecule has 2 rings (SSSR count). The number of nitriles is 1. The van der Waals surface area contributed by atoms with E-state index in [0.717, 1.165) is 12.0 Å². The maximum absolute atomic E-state index is 12.3. The molecule has 1 heterocycles. The minimum absolute atomic E-state index is 0.0810. The lowest BCUT2D eigenvalue weighted by Gasteiger charge is -2.10. The molecular weight excluding hydrogens is 304 g/mol. The van der Waals surface area contributed by atoms with Crippen LogP contribution in [0, 0.1) is 11.3 Å². The fourth-order valence-corrected chi connectivity index (χ4v) is 2.18. The molecule has 6 nitrogen and oxygen atoms in total. The van der Waals surface area contributed by atoms with E-state index in [1.807, 2.05) is 30.3 Å². The van der Waals surface area contributed by atoms with Crippen molar-refractivity contribution in [3.8, 4) is 11.9 Å². The minimum atomic E-state index is -0.369. The Kier molecular flexibility index (Phi) is 5.74. The van der Waals surface area contributed by atoms with Crippen molar-refractivity contribution in [2.24, 2.45) is 0 Å². The number of ether oxygens (including phenoxy) is 1. The van der Waals surface area contributed by atoms with Crippen LogP contribution in [-0.4, -0.2) is 17.5 Å². The summed E-state index contributed by atoms with van der Waals surface area (Å²) in [5, 5.41) is 11.9. The summed E-state index contributed by atoms with van der Waals surface area (Å²) >= 11 is 0. The van der Waals surface area contributed by atoms with Crippen molar-refractivity contribution < 1.29 is 9.53 Å². The van der Waals surface area contributed by atoms with Gasteiger partial charge in [0.05, 0.1) is 12.3 Å². The van der Waals surface area contributed by atoms with Crippen molar-refractivity contribution >= 4 is 11.6 Å². The van der Waals surface area contributed by atoms with Crippen LogP contribution in [0.1, 0.15) is 41.0 Å². The summed E-state index contributed by atoms with van der Waals surface area (Å²) in [6, 6.07) is 11.3. The third-order valence-electron chi connectivity index (χ3n) is 3.53. The predicted molar refractivity (Wildman–Crippen MR) is 91.5 cm³/mol. The Bertz CT molecular complexity index is 764. The first-order valence-corrected chi connectivity index (χ1v) is 7.78. The average molecular weight is 324 g/mol. The summed E-state index contributed by atoms with van der Waals surface area (Å²) in [5.41, 5.74) is 8.50. The third kappa shape index (κ3) is 4.02. The summed E-state index contributed by atoms with van der Waals surface area (Å²) in [4.78, 5) is 16.4. The highest BCUT2D eigenvalue weighted by atomic mass is 16.5. The minimum Gasteiger partial charge on any atom is -0.477 e. The zero-order chi connectivity index (χ0) is 17.5. The van der Waals surface area contributed by atoms with Gasteiger partial charge in [-0.1, -0.05) is 31.2 Å². The molecule has 0 aliphatic rings. The van der Waals surface area contributed by atoms with Crippen LogP contribution in [0.4, 0.5) is 5.69 Å². The lowest BCUT2D eigenvalue weighted by Crippen LogP contribution is -2.24. The fourth-order valence-electron chi connectivity index (χ4n) is 2.18. The molecule has 0 saturated carbocycles. The molecule has 24 heavy (non-hydrogen) atoms. The van der Waals surface area contributed by atoms with Crippen molar-refractivity contribution in [2.75, 3.05) is 12.3 Å². The van der Waals surface area contributed by atoms with Crippen LogP contribution in [0.2, 0.25) is 0 Å². The van der Waals surface area contributed by atoms with Crippen LogP contribution in [0.25, 0.3) is 0 Å². The molecule has 0 fully saturated rings. The summed E-state index contributed by atoms with van der Waals surface area (Å²) in [7, 11) is 0. The fraction of sp³-hybridized carbons (Fsp3) is 0.278. The third-order valence-corrected chi connectivity index (χ3v) is 3.53. The van der Waals surface area contributed by atoms with E-state index < -0.39 is 0 Å². The largest absolute Gasteiger partial charge is 0.477 e. The zero-order valence-electron chi connectivity index (χ0n) is 13.8. The average Bonchev–Trinajstić information content (AvgIpc) is 2.60. The van der Waals surface area contributed by atoms with Gasteiger partial charge < -0.3 is 15.8 Å².